The zero-order chi connectivity index (χ0) is 20.8. The molecular formula is C18H14ClN5O4S. The van der Waals surface area contributed by atoms with Crippen molar-refractivity contribution in [2.45, 2.75) is 6.42 Å². The van der Waals surface area contributed by atoms with Gasteiger partial charge in [-0.05, 0) is 24.3 Å². The fraction of sp³-hybridized carbons (Fsp3) is 0.111. The minimum atomic E-state index is -0.538. The van der Waals surface area contributed by atoms with Crippen molar-refractivity contribution in [1.82, 2.24) is 15.5 Å². The van der Waals surface area contributed by atoms with Crippen LogP contribution in [0.2, 0.25) is 5.02 Å². The van der Waals surface area contributed by atoms with Gasteiger partial charge in [-0.3, -0.25) is 25.0 Å². The van der Waals surface area contributed by atoms with Gasteiger partial charge in [-0.2, -0.15) is 0 Å². The fourth-order valence-corrected chi connectivity index (χ4v) is 3.29. The summed E-state index contributed by atoms with van der Waals surface area (Å²) >= 11 is 7.16. The van der Waals surface area contributed by atoms with Crippen molar-refractivity contribution in [2.75, 3.05) is 11.9 Å². The van der Waals surface area contributed by atoms with Gasteiger partial charge >= 0.3 is 0 Å². The lowest BCUT2D eigenvalue weighted by Crippen LogP contribution is -2.25. The number of anilines is 1. The highest BCUT2D eigenvalue weighted by Crippen LogP contribution is 2.18. The second-order valence-electron chi connectivity index (χ2n) is 5.74. The normalized spacial score (nSPS) is 10.4. The van der Waals surface area contributed by atoms with Crippen LogP contribution in [0.15, 0.2) is 48.5 Å². The molecule has 2 aromatic carbocycles. The van der Waals surface area contributed by atoms with E-state index in [1.54, 1.807) is 24.3 Å². The Bertz CT molecular complexity index is 1050. The molecule has 1 heterocycles. The summed E-state index contributed by atoms with van der Waals surface area (Å²) in [5.74, 6) is -0.735. The molecule has 0 unspecified atom stereocenters. The Morgan fingerprint density at radius 1 is 1.07 bits per heavy atom. The van der Waals surface area contributed by atoms with E-state index in [9.17, 15) is 19.7 Å². The van der Waals surface area contributed by atoms with Crippen molar-refractivity contribution in [1.29, 1.82) is 0 Å². The number of nitrogens with one attached hydrogen (secondary N) is 2. The fourth-order valence-electron chi connectivity index (χ4n) is 2.33. The Balaban J connectivity index is 1.51. The van der Waals surface area contributed by atoms with E-state index in [2.05, 4.69) is 20.8 Å². The zero-order valence-electron chi connectivity index (χ0n) is 14.8. The van der Waals surface area contributed by atoms with Crippen LogP contribution >= 0.6 is 22.9 Å². The number of carbonyl (C=O) groups is 2. The number of nitro benzene ring substituents is 1. The third kappa shape index (κ3) is 5.33. The summed E-state index contributed by atoms with van der Waals surface area (Å²) in [7, 11) is 0. The number of hydrogen-bond acceptors (Lipinski definition) is 7. The molecule has 0 spiro atoms. The van der Waals surface area contributed by atoms with E-state index in [0.29, 0.717) is 33.7 Å². The smallest absolute Gasteiger partial charge is 0.269 e. The molecule has 0 saturated heterocycles. The van der Waals surface area contributed by atoms with Crippen molar-refractivity contribution in [2.24, 2.45) is 0 Å². The van der Waals surface area contributed by atoms with Crippen LogP contribution in [0.1, 0.15) is 25.7 Å². The van der Waals surface area contributed by atoms with E-state index in [-0.39, 0.29) is 17.2 Å². The number of nitrogens with zero attached hydrogens (tertiary/aromatic N) is 3. The topological polar surface area (TPSA) is 127 Å². The van der Waals surface area contributed by atoms with Crippen LogP contribution in [0.4, 0.5) is 10.8 Å². The molecule has 1 aromatic heterocycles. The first kappa shape index (κ1) is 20.4. The molecule has 2 amide bonds. The summed E-state index contributed by atoms with van der Waals surface area (Å²) < 4.78 is 0. The maximum Gasteiger partial charge on any atom is 0.269 e. The van der Waals surface area contributed by atoms with E-state index < -0.39 is 10.8 Å². The van der Waals surface area contributed by atoms with E-state index in [4.69, 9.17) is 11.6 Å². The molecule has 3 rings (SSSR count). The average molecular weight is 432 g/mol. The molecule has 0 saturated carbocycles. The number of halogens is 1. The van der Waals surface area contributed by atoms with Crippen molar-refractivity contribution in [3.8, 4) is 0 Å². The molecule has 0 radical (unpaired) electrons. The Morgan fingerprint density at radius 3 is 2.48 bits per heavy atom. The highest BCUT2D eigenvalue weighted by molar-refractivity contribution is 7.15. The van der Waals surface area contributed by atoms with Gasteiger partial charge in [0.15, 0.2) is 0 Å². The molecule has 0 fully saturated rings. The molecule has 11 heteroatoms. The summed E-state index contributed by atoms with van der Waals surface area (Å²) in [6.07, 6.45) is 0.432. The van der Waals surface area contributed by atoms with Crippen LogP contribution < -0.4 is 10.6 Å². The molecule has 29 heavy (non-hydrogen) atoms. The number of aromatic nitrogens is 2. The average Bonchev–Trinajstić information content (AvgIpc) is 3.15. The Labute approximate surface area is 173 Å². The Morgan fingerprint density at radius 2 is 1.79 bits per heavy atom. The van der Waals surface area contributed by atoms with Crippen molar-refractivity contribution in [3.63, 3.8) is 0 Å². The summed E-state index contributed by atoms with van der Waals surface area (Å²) in [4.78, 5) is 34.4. The van der Waals surface area contributed by atoms with Gasteiger partial charge in [0.25, 0.3) is 17.5 Å². The predicted molar refractivity (Wildman–Crippen MR) is 108 cm³/mol. The molecule has 0 atom stereocenters. The number of benzene rings is 2. The van der Waals surface area contributed by atoms with Crippen LogP contribution in [0.5, 0.6) is 0 Å². The molecule has 9 nitrogen and oxygen atoms in total. The number of nitro groups is 1. The number of non-ortho nitro benzene ring substituents is 1. The van der Waals surface area contributed by atoms with Gasteiger partial charge in [-0.25, -0.2) is 0 Å². The summed E-state index contributed by atoms with van der Waals surface area (Å²) in [5, 5.41) is 25.2. The lowest BCUT2D eigenvalue weighted by atomic mass is 10.2. The van der Waals surface area contributed by atoms with Crippen LogP contribution in [0.3, 0.4) is 0 Å². The quantitative estimate of drug-likeness (QED) is 0.436. The molecule has 0 aliphatic heterocycles. The number of rotatable bonds is 7. The van der Waals surface area contributed by atoms with E-state index in [0.717, 1.165) is 0 Å². The van der Waals surface area contributed by atoms with Crippen LogP contribution in [-0.2, 0) is 6.42 Å². The van der Waals surface area contributed by atoms with E-state index in [1.807, 2.05) is 0 Å². The lowest BCUT2D eigenvalue weighted by Gasteiger charge is -2.05. The van der Waals surface area contributed by atoms with Crippen molar-refractivity contribution in [3.05, 3.63) is 79.8 Å². The highest BCUT2D eigenvalue weighted by Gasteiger charge is 2.13. The third-order valence-electron chi connectivity index (χ3n) is 3.77. The Hall–Kier alpha value is -3.37. The van der Waals surface area contributed by atoms with Gasteiger partial charge in [0, 0.05) is 30.7 Å². The number of amides is 2. The second-order valence-corrected chi connectivity index (χ2v) is 7.21. The maximum atomic E-state index is 12.2. The summed E-state index contributed by atoms with van der Waals surface area (Å²) in [6.45, 7) is 0.328. The van der Waals surface area contributed by atoms with Gasteiger partial charge in [0.1, 0.15) is 5.01 Å². The minimum Gasteiger partial charge on any atom is -0.352 e. The van der Waals surface area contributed by atoms with Gasteiger partial charge in [0.2, 0.25) is 5.13 Å². The highest BCUT2D eigenvalue weighted by atomic mass is 35.5. The Kier molecular flexibility index (Phi) is 6.47. The minimum absolute atomic E-state index is 0.0985. The second kappa shape index (κ2) is 9.22. The van der Waals surface area contributed by atoms with Crippen LogP contribution in [0, 0.1) is 10.1 Å². The molecule has 2 N–H and O–H groups in total. The first-order valence-electron chi connectivity index (χ1n) is 8.35. The van der Waals surface area contributed by atoms with Crippen LogP contribution in [0.25, 0.3) is 0 Å². The molecule has 0 aliphatic carbocycles. The SMILES string of the molecule is O=C(Nc1nnc(CCNC(=O)c2ccccc2Cl)s1)c1ccc([N+](=O)[O-])cc1. The largest absolute Gasteiger partial charge is 0.352 e. The van der Waals surface area contributed by atoms with Gasteiger partial charge < -0.3 is 5.32 Å². The molecule has 148 valence electrons. The number of carbonyl (C=O) groups excluding carboxylic acids is 2. The summed E-state index contributed by atoms with van der Waals surface area (Å²) in [5.41, 5.74) is 0.556. The maximum absolute atomic E-state index is 12.2. The first-order valence-corrected chi connectivity index (χ1v) is 9.54. The molecule has 0 bridgehead atoms. The number of hydrogen-bond donors (Lipinski definition) is 2. The van der Waals surface area contributed by atoms with Gasteiger partial charge in [0.05, 0.1) is 15.5 Å². The third-order valence-corrected chi connectivity index (χ3v) is 5.00. The van der Waals surface area contributed by atoms with Gasteiger partial charge in [-0.15, -0.1) is 10.2 Å². The summed E-state index contributed by atoms with van der Waals surface area (Å²) in [6, 6.07) is 12.0. The van der Waals surface area contributed by atoms with E-state index >= 15 is 0 Å². The first-order chi connectivity index (χ1) is 13.9. The lowest BCUT2D eigenvalue weighted by molar-refractivity contribution is -0.384. The standard InChI is InChI=1S/C18H14ClN5O4S/c19-14-4-2-1-3-13(14)17(26)20-10-9-15-22-23-18(29-15)21-16(25)11-5-7-12(8-6-11)24(27)28/h1-8H,9-10H2,(H,20,26)(H,21,23,25). The predicted octanol–water partition coefficient (Wildman–Crippen LogP) is 3.32. The van der Waals surface area contributed by atoms with Crippen molar-refractivity contribution < 1.29 is 14.5 Å². The van der Waals surface area contributed by atoms with Crippen LogP contribution in [-0.4, -0.2) is 33.5 Å². The zero-order valence-corrected chi connectivity index (χ0v) is 16.4. The molecular weight excluding hydrogens is 418 g/mol. The monoisotopic (exact) mass is 431 g/mol. The molecule has 0 aliphatic rings. The van der Waals surface area contributed by atoms with Gasteiger partial charge in [-0.1, -0.05) is 35.1 Å². The van der Waals surface area contributed by atoms with E-state index in [1.165, 1.54) is 35.6 Å². The van der Waals surface area contributed by atoms with Crippen molar-refractivity contribution >= 4 is 45.6 Å². The molecule has 3 aromatic rings.